The minimum Gasteiger partial charge on any atom is -0.496 e. The number of hydrogen-bond donors (Lipinski definition) is 2. The zero-order valence-electron chi connectivity index (χ0n) is 13.8. The van der Waals surface area contributed by atoms with Crippen molar-refractivity contribution in [3.8, 4) is 5.75 Å². The van der Waals surface area contributed by atoms with E-state index >= 15 is 0 Å². The van der Waals surface area contributed by atoms with Gasteiger partial charge in [-0.15, -0.1) is 0 Å². The lowest BCUT2D eigenvalue weighted by molar-refractivity contribution is -0.131. The van der Waals surface area contributed by atoms with Crippen LogP contribution in [0.5, 0.6) is 5.75 Å². The first-order chi connectivity index (χ1) is 10.4. The molecule has 0 aromatic heterocycles. The van der Waals surface area contributed by atoms with Gasteiger partial charge in [0.05, 0.1) is 19.3 Å². The van der Waals surface area contributed by atoms with E-state index in [0.29, 0.717) is 6.42 Å². The summed E-state index contributed by atoms with van der Waals surface area (Å²) < 4.78 is 5.37. The van der Waals surface area contributed by atoms with Crippen molar-refractivity contribution >= 4 is 5.91 Å². The van der Waals surface area contributed by atoms with Gasteiger partial charge in [-0.3, -0.25) is 4.79 Å². The molecule has 0 aliphatic heterocycles. The van der Waals surface area contributed by atoms with Gasteiger partial charge in [-0.1, -0.05) is 44.9 Å². The normalized spacial score (nSPS) is 22.2. The minimum absolute atomic E-state index is 0.00986. The Hall–Kier alpha value is -1.55. The third-order valence-corrected chi connectivity index (χ3v) is 4.49. The second kappa shape index (κ2) is 7.14. The van der Waals surface area contributed by atoms with Crippen molar-refractivity contribution in [1.29, 1.82) is 0 Å². The third kappa shape index (κ3) is 4.01. The van der Waals surface area contributed by atoms with Gasteiger partial charge in [0, 0.05) is 5.41 Å². The van der Waals surface area contributed by atoms with E-state index in [9.17, 15) is 9.90 Å². The van der Waals surface area contributed by atoms with Crippen LogP contribution in [0.2, 0.25) is 0 Å². The minimum atomic E-state index is -0.550. The average molecular weight is 305 g/mol. The van der Waals surface area contributed by atoms with E-state index in [1.165, 1.54) is 0 Å². The van der Waals surface area contributed by atoms with Crippen LogP contribution in [0.15, 0.2) is 24.3 Å². The molecular weight excluding hydrogens is 278 g/mol. The quantitative estimate of drug-likeness (QED) is 0.879. The molecule has 0 heterocycles. The summed E-state index contributed by atoms with van der Waals surface area (Å²) in [5.41, 5.74) is 0.473. The lowest BCUT2D eigenvalue weighted by Crippen LogP contribution is -2.49. The monoisotopic (exact) mass is 305 g/mol. The second-order valence-electron chi connectivity index (χ2n) is 6.80. The molecule has 0 saturated heterocycles. The molecule has 1 aliphatic rings. The zero-order valence-corrected chi connectivity index (χ0v) is 13.8. The van der Waals surface area contributed by atoms with Crippen molar-refractivity contribution in [3.63, 3.8) is 0 Å². The van der Waals surface area contributed by atoms with Gasteiger partial charge in [0.1, 0.15) is 5.75 Å². The molecule has 0 spiro atoms. The molecule has 2 N–H and O–H groups in total. The van der Waals surface area contributed by atoms with Crippen LogP contribution in [0.1, 0.15) is 45.1 Å². The Labute approximate surface area is 132 Å². The number of aliphatic hydroxyl groups excluding tert-OH is 1. The number of carbonyl (C=O) groups is 1. The number of aliphatic hydroxyl groups is 1. The second-order valence-corrected chi connectivity index (χ2v) is 6.80. The Kier molecular flexibility index (Phi) is 5.46. The van der Waals surface area contributed by atoms with E-state index < -0.39 is 11.5 Å². The van der Waals surface area contributed by atoms with Gasteiger partial charge < -0.3 is 15.2 Å². The summed E-state index contributed by atoms with van der Waals surface area (Å²) >= 11 is 0. The van der Waals surface area contributed by atoms with E-state index in [0.717, 1.165) is 37.0 Å². The van der Waals surface area contributed by atoms with Crippen LogP contribution in [-0.2, 0) is 11.2 Å². The smallest absolute Gasteiger partial charge is 0.226 e. The molecule has 22 heavy (non-hydrogen) atoms. The number of amides is 1. The summed E-state index contributed by atoms with van der Waals surface area (Å²) in [5.74, 6) is 0.797. The number of para-hydroxylation sites is 1. The number of benzene rings is 1. The predicted molar refractivity (Wildman–Crippen MR) is 86.9 cm³/mol. The number of methoxy groups -OCH3 is 1. The Morgan fingerprint density at radius 1 is 1.32 bits per heavy atom. The SMILES string of the molecule is COc1ccccc1CC(C)(C)C(=O)NC1CCCCC1O. The van der Waals surface area contributed by atoms with Crippen molar-refractivity contribution in [3.05, 3.63) is 29.8 Å². The lowest BCUT2D eigenvalue weighted by Gasteiger charge is -2.32. The molecule has 0 bridgehead atoms. The van der Waals surface area contributed by atoms with E-state index in [1.54, 1.807) is 7.11 Å². The first kappa shape index (κ1) is 16.8. The van der Waals surface area contributed by atoms with Crippen LogP contribution in [-0.4, -0.2) is 30.3 Å². The van der Waals surface area contributed by atoms with Crippen molar-refractivity contribution in [1.82, 2.24) is 5.32 Å². The Morgan fingerprint density at radius 2 is 2.00 bits per heavy atom. The molecule has 4 nitrogen and oxygen atoms in total. The summed E-state index contributed by atoms with van der Waals surface area (Å²) in [5, 5.41) is 13.1. The van der Waals surface area contributed by atoms with Crippen LogP contribution in [0.25, 0.3) is 0 Å². The molecule has 2 unspecified atom stereocenters. The topological polar surface area (TPSA) is 58.6 Å². The number of nitrogens with one attached hydrogen (secondary N) is 1. The fraction of sp³-hybridized carbons (Fsp3) is 0.611. The molecule has 1 aromatic rings. The Balaban J connectivity index is 2.03. The van der Waals surface area contributed by atoms with E-state index in [-0.39, 0.29) is 11.9 Å². The molecule has 4 heteroatoms. The number of rotatable bonds is 5. The highest BCUT2D eigenvalue weighted by Crippen LogP contribution is 2.29. The summed E-state index contributed by atoms with van der Waals surface area (Å²) in [4.78, 5) is 12.6. The zero-order chi connectivity index (χ0) is 16.2. The molecule has 1 amide bonds. The van der Waals surface area contributed by atoms with Gasteiger partial charge in [0.25, 0.3) is 0 Å². The summed E-state index contributed by atoms with van der Waals surface area (Å²) in [6, 6.07) is 7.67. The summed E-state index contributed by atoms with van der Waals surface area (Å²) in [7, 11) is 1.64. The molecule has 1 aromatic carbocycles. The largest absolute Gasteiger partial charge is 0.496 e. The van der Waals surface area contributed by atoms with Crippen LogP contribution in [0.4, 0.5) is 0 Å². The highest BCUT2D eigenvalue weighted by Gasteiger charge is 2.33. The van der Waals surface area contributed by atoms with Crippen LogP contribution >= 0.6 is 0 Å². The maximum Gasteiger partial charge on any atom is 0.226 e. The first-order valence-electron chi connectivity index (χ1n) is 8.05. The molecule has 122 valence electrons. The molecule has 0 radical (unpaired) electrons. The van der Waals surface area contributed by atoms with Gasteiger partial charge >= 0.3 is 0 Å². The van der Waals surface area contributed by atoms with Gasteiger partial charge in [0.2, 0.25) is 5.91 Å². The van der Waals surface area contributed by atoms with Crippen molar-refractivity contribution < 1.29 is 14.6 Å². The van der Waals surface area contributed by atoms with Gasteiger partial charge in [-0.05, 0) is 30.9 Å². The van der Waals surface area contributed by atoms with Crippen LogP contribution in [0, 0.1) is 5.41 Å². The summed E-state index contributed by atoms with van der Waals surface area (Å²) in [6.07, 6.45) is 3.92. The van der Waals surface area contributed by atoms with Crippen LogP contribution < -0.4 is 10.1 Å². The van der Waals surface area contributed by atoms with Crippen LogP contribution in [0.3, 0.4) is 0 Å². The predicted octanol–water partition coefficient (Wildman–Crippen LogP) is 2.68. The van der Waals surface area contributed by atoms with Gasteiger partial charge in [-0.2, -0.15) is 0 Å². The molecule has 2 rings (SSSR count). The Morgan fingerprint density at radius 3 is 2.68 bits per heavy atom. The molecule has 1 saturated carbocycles. The van der Waals surface area contributed by atoms with E-state index in [1.807, 2.05) is 38.1 Å². The number of hydrogen-bond acceptors (Lipinski definition) is 3. The van der Waals surface area contributed by atoms with Crippen molar-refractivity contribution in [2.24, 2.45) is 5.41 Å². The summed E-state index contributed by atoms with van der Waals surface area (Å²) in [6.45, 7) is 3.87. The number of ether oxygens (including phenoxy) is 1. The van der Waals surface area contributed by atoms with Crippen molar-refractivity contribution in [2.45, 2.75) is 58.1 Å². The molecule has 2 atom stereocenters. The maximum atomic E-state index is 12.6. The fourth-order valence-electron chi connectivity index (χ4n) is 3.05. The fourth-order valence-corrected chi connectivity index (χ4v) is 3.05. The maximum absolute atomic E-state index is 12.6. The Bertz CT molecular complexity index is 513. The first-order valence-corrected chi connectivity index (χ1v) is 8.05. The van der Waals surface area contributed by atoms with Gasteiger partial charge in [0.15, 0.2) is 0 Å². The third-order valence-electron chi connectivity index (χ3n) is 4.49. The molecule has 1 aliphatic carbocycles. The standard InChI is InChI=1S/C18H27NO3/c1-18(2,12-13-8-4-7-11-16(13)22-3)17(21)19-14-9-5-6-10-15(14)20/h4,7-8,11,14-15,20H,5-6,9-10,12H2,1-3H3,(H,19,21). The molecular formula is C18H27NO3. The van der Waals surface area contributed by atoms with E-state index in [4.69, 9.17) is 4.74 Å². The molecule has 1 fully saturated rings. The average Bonchev–Trinajstić information content (AvgIpc) is 2.49. The number of carbonyl (C=O) groups excluding carboxylic acids is 1. The highest BCUT2D eigenvalue weighted by molar-refractivity contribution is 5.82. The van der Waals surface area contributed by atoms with Crippen molar-refractivity contribution in [2.75, 3.05) is 7.11 Å². The highest BCUT2D eigenvalue weighted by atomic mass is 16.5. The van der Waals surface area contributed by atoms with E-state index in [2.05, 4.69) is 5.32 Å². The lowest BCUT2D eigenvalue weighted by atomic mass is 9.83. The van der Waals surface area contributed by atoms with Gasteiger partial charge in [-0.25, -0.2) is 0 Å².